The lowest BCUT2D eigenvalue weighted by atomic mass is 9.79. The first-order valence-corrected chi connectivity index (χ1v) is 16.3. The Bertz CT molecular complexity index is 1650. The maximum atomic E-state index is 15.5. The van der Waals surface area contributed by atoms with E-state index >= 15 is 4.39 Å². The van der Waals surface area contributed by atoms with Gasteiger partial charge < -0.3 is 15.0 Å². The summed E-state index contributed by atoms with van der Waals surface area (Å²) in [5, 5.41) is 1.16. The molecule has 5 rings (SSSR count). The molecule has 0 bridgehead atoms. The number of carbonyl (C=O) groups excluding carboxylic acids is 3. The summed E-state index contributed by atoms with van der Waals surface area (Å²) >= 11 is 12.1. The zero-order valence-electron chi connectivity index (χ0n) is 24.5. The molecule has 1 aromatic carbocycles. The topological polar surface area (TPSA) is 126 Å². The molecule has 3 aliphatic rings. The van der Waals surface area contributed by atoms with Crippen molar-refractivity contribution in [3.8, 4) is 0 Å². The highest BCUT2D eigenvalue weighted by atomic mass is 35.5. The van der Waals surface area contributed by atoms with E-state index in [0.29, 0.717) is 12.8 Å². The van der Waals surface area contributed by atoms with E-state index < -0.39 is 79.6 Å². The number of benzene rings is 1. The molecule has 0 spiro atoms. The molecule has 1 unspecified atom stereocenters. The molecule has 1 saturated carbocycles. The van der Waals surface area contributed by atoms with Crippen LogP contribution in [0.4, 0.5) is 13.6 Å². The highest BCUT2D eigenvalue weighted by Crippen LogP contribution is 2.46. The monoisotopic (exact) mass is 672 g/mol. The van der Waals surface area contributed by atoms with Gasteiger partial charge in [0.15, 0.2) is 15.4 Å². The molecule has 44 heavy (non-hydrogen) atoms. The molecular weight excluding hydrogens is 641 g/mol. The van der Waals surface area contributed by atoms with Gasteiger partial charge in [0.05, 0.1) is 20.2 Å². The number of likely N-dealkylation sites (tertiary alicyclic amines) is 2. The Hall–Kier alpha value is -3.03. The number of amides is 3. The van der Waals surface area contributed by atoms with E-state index in [4.69, 9.17) is 27.9 Å². The number of aromatic nitrogens is 1. The molecule has 2 saturated heterocycles. The fourth-order valence-corrected chi connectivity index (χ4v) is 7.99. The molecule has 3 amide bonds. The maximum absolute atomic E-state index is 15.5. The molecule has 238 valence electrons. The van der Waals surface area contributed by atoms with Gasteiger partial charge in [0, 0.05) is 31.2 Å². The second-order valence-electron chi connectivity index (χ2n) is 12.7. The molecule has 3 fully saturated rings. The van der Waals surface area contributed by atoms with Crippen LogP contribution in [0.3, 0.4) is 0 Å². The highest BCUT2D eigenvalue weighted by molar-refractivity contribution is 7.92. The fraction of sp³-hybridized carbons (Fsp3) is 0.517. The fourth-order valence-electron chi connectivity index (χ4n) is 5.61. The second-order valence-corrected chi connectivity index (χ2v) is 15.8. The first-order valence-electron chi connectivity index (χ1n) is 14.0. The van der Waals surface area contributed by atoms with Crippen LogP contribution in [0.25, 0.3) is 0 Å². The lowest BCUT2D eigenvalue weighted by Gasteiger charge is -2.52. The molecule has 2 aromatic rings. The van der Waals surface area contributed by atoms with E-state index in [1.807, 2.05) is 6.92 Å². The summed E-state index contributed by atoms with van der Waals surface area (Å²) in [5.74, 6) is -3.19. The van der Waals surface area contributed by atoms with Gasteiger partial charge in [0.1, 0.15) is 29.0 Å². The molecular formula is C29H32Cl2F2N4O6S. The predicted molar refractivity (Wildman–Crippen MR) is 157 cm³/mol. The molecule has 10 nitrogen and oxygen atoms in total. The first kappa shape index (κ1) is 32.4. The van der Waals surface area contributed by atoms with Crippen LogP contribution in [0.1, 0.15) is 59.1 Å². The van der Waals surface area contributed by atoms with Crippen LogP contribution < -0.4 is 5.32 Å². The average molecular weight is 674 g/mol. The zero-order valence-corrected chi connectivity index (χ0v) is 26.8. The number of sulfone groups is 1. The summed E-state index contributed by atoms with van der Waals surface area (Å²) in [4.78, 5) is 47.5. The van der Waals surface area contributed by atoms with Crippen molar-refractivity contribution < 1.29 is 36.3 Å². The largest absolute Gasteiger partial charge is 0.444 e. The van der Waals surface area contributed by atoms with E-state index in [1.54, 1.807) is 20.8 Å². The number of hydrogen-bond acceptors (Lipinski definition) is 7. The van der Waals surface area contributed by atoms with Crippen LogP contribution >= 0.6 is 23.2 Å². The lowest BCUT2D eigenvalue weighted by Crippen LogP contribution is -2.69. The third kappa shape index (κ3) is 5.85. The number of carbonyl (C=O) groups is 3. The Morgan fingerprint density at radius 3 is 2.34 bits per heavy atom. The van der Waals surface area contributed by atoms with Crippen molar-refractivity contribution in [2.24, 2.45) is 0 Å². The van der Waals surface area contributed by atoms with Crippen LogP contribution in [0.5, 0.6) is 0 Å². The third-order valence-corrected chi connectivity index (χ3v) is 11.0. The Kier molecular flexibility index (Phi) is 8.16. The van der Waals surface area contributed by atoms with Crippen molar-refractivity contribution in [3.05, 3.63) is 57.8 Å². The summed E-state index contributed by atoms with van der Waals surface area (Å²) in [6, 6.07) is 2.50. The van der Waals surface area contributed by atoms with E-state index in [1.165, 1.54) is 0 Å². The minimum Gasteiger partial charge on any atom is -0.444 e. The number of rotatable bonds is 6. The van der Waals surface area contributed by atoms with Crippen molar-refractivity contribution in [2.45, 2.75) is 86.2 Å². The van der Waals surface area contributed by atoms with E-state index in [9.17, 15) is 27.2 Å². The normalized spacial score (nSPS) is 24.5. The summed E-state index contributed by atoms with van der Waals surface area (Å²) in [5.41, 5.74) is -3.93. The molecule has 1 aromatic heterocycles. The van der Waals surface area contributed by atoms with E-state index in [2.05, 4.69) is 10.3 Å². The predicted octanol–water partition coefficient (Wildman–Crippen LogP) is 4.61. The second kappa shape index (κ2) is 11.1. The Balaban J connectivity index is 1.58. The van der Waals surface area contributed by atoms with Crippen LogP contribution in [0.2, 0.25) is 10.0 Å². The summed E-state index contributed by atoms with van der Waals surface area (Å²) in [7, 11) is -4.30. The Morgan fingerprint density at radius 2 is 1.80 bits per heavy atom. The molecule has 15 heteroatoms. The van der Waals surface area contributed by atoms with Gasteiger partial charge in [0.25, 0.3) is 5.91 Å². The van der Waals surface area contributed by atoms with Gasteiger partial charge in [-0.3, -0.25) is 19.5 Å². The van der Waals surface area contributed by atoms with Crippen LogP contribution in [0, 0.1) is 11.6 Å². The minimum absolute atomic E-state index is 0.0000878. The standard InChI is InChI=1S/C29H32Cl2F2N4O6S/c1-27(2,3)43-26(40)37-10-9-29(37,23-20(33)11-16(30)14-34-23)25(39)36-15-18(13-21(36)24(38)35-28(4)7-8-28)44(41,42)22-6-5-17(32)12-19(22)31/h5-6,11-12,14,18,21H,7-10,13,15H2,1-4H3,(H,35,38)/t18-,21+,29?/m1/s1. The van der Waals surface area contributed by atoms with Gasteiger partial charge in [-0.05, 0) is 71.2 Å². The minimum atomic E-state index is -4.30. The van der Waals surface area contributed by atoms with Crippen molar-refractivity contribution >= 4 is 50.9 Å². The summed E-state index contributed by atoms with van der Waals surface area (Å²) in [6.45, 7) is 6.23. The molecule has 2 aliphatic heterocycles. The zero-order chi connectivity index (χ0) is 32.4. The average Bonchev–Trinajstić information content (AvgIpc) is 3.41. The molecule has 1 aliphatic carbocycles. The molecule has 0 radical (unpaired) electrons. The highest BCUT2D eigenvalue weighted by Gasteiger charge is 2.62. The van der Waals surface area contributed by atoms with Crippen LogP contribution in [0.15, 0.2) is 35.4 Å². The Labute approximate surface area is 263 Å². The van der Waals surface area contributed by atoms with Gasteiger partial charge in [-0.25, -0.2) is 22.0 Å². The van der Waals surface area contributed by atoms with E-state index in [-0.39, 0.29) is 34.3 Å². The number of nitrogens with one attached hydrogen (secondary N) is 1. The number of halogens is 4. The molecule has 1 N–H and O–H groups in total. The number of nitrogens with zero attached hydrogens (tertiary/aromatic N) is 3. The Morgan fingerprint density at radius 1 is 1.11 bits per heavy atom. The molecule has 3 atom stereocenters. The van der Waals surface area contributed by atoms with Gasteiger partial charge in [-0.1, -0.05) is 23.2 Å². The first-order chi connectivity index (χ1) is 20.4. The summed E-state index contributed by atoms with van der Waals surface area (Å²) in [6.07, 6.45) is 1.21. The van der Waals surface area contributed by atoms with Gasteiger partial charge in [-0.2, -0.15) is 0 Å². The maximum Gasteiger partial charge on any atom is 0.411 e. The van der Waals surface area contributed by atoms with Crippen LogP contribution in [-0.4, -0.2) is 76.6 Å². The van der Waals surface area contributed by atoms with Crippen LogP contribution in [-0.2, 0) is 29.7 Å². The van der Waals surface area contributed by atoms with E-state index in [0.717, 1.165) is 40.3 Å². The smallest absolute Gasteiger partial charge is 0.411 e. The SMILES string of the molecule is CC1(NC(=O)[C@@H]2C[C@@H](S(=O)(=O)c3ccc(F)cc3Cl)CN2C(=O)C2(c3ncc(Cl)cc3F)CCN2C(=O)OC(C)(C)C)CC1. The summed E-state index contributed by atoms with van der Waals surface area (Å²) < 4.78 is 62.3. The lowest BCUT2D eigenvalue weighted by molar-refractivity contribution is -0.158. The number of hydrogen-bond donors (Lipinski definition) is 1. The number of pyridine rings is 1. The quantitative estimate of drug-likeness (QED) is 0.444. The van der Waals surface area contributed by atoms with Crippen molar-refractivity contribution in [3.63, 3.8) is 0 Å². The van der Waals surface area contributed by atoms with Gasteiger partial charge in [0.2, 0.25) is 5.91 Å². The van der Waals surface area contributed by atoms with Gasteiger partial charge in [-0.15, -0.1) is 0 Å². The molecule has 3 heterocycles. The number of ether oxygens (including phenoxy) is 1. The van der Waals surface area contributed by atoms with Gasteiger partial charge >= 0.3 is 6.09 Å². The van der Waals surface area contributed by atoms with Crippen molar-refractivity contribution in [2.75, 3.05) is 13.1 Å². The third-order valence-electron chi connectivity index (χ3n) is 8.22. The van der Waals surface area contributed by atoms with Crippen molar-refractivity contribution in [1.29, 1.82) is 0 Å². The van der Waals surface area contributed by atoms with Crippen molar-refractivity contribution in [1.82, 2.24) is 20.1 Å².